The Labute approximate surface area is 187 Å². The number of benzene rings is 1. The van der Waals surface area contributed by atoms with Crippen molar-refractivity contribution in [3.05, 3.63) is 34.1 Å². The van der Waals surface area contributed by atoms with Gasteiger partial charge < -0.3 is 19.7 Å². The summed E-state index contributed by atoms with van der Waals surface area (Å²) in [6.45, 7) is 4.16. The lowest BCUT2D eigenvalue weighted by Gasteiger charge is -2.34. The molecule has 0 aliphatic carbocycles. The number of halogens is 3. The molecule has 1 aromatic rings. The van der Waals surface area contributed by atoms with E-state index in [1.165, 1.54) is 6.07 Å². The lowest BCUT2D eigenvalue weighted by molar-refractivity contribution is 0.00992. The highest BCUT2D eigenvalue weighted by Crippen LogP contribution is 2.17. The van der Waals surface area contributed by atoms with E-state index in [1.807, 2.05) is 19.2 Å². The predicted octanol–water partition coefficient (Wildman–Crippen LogP) is 3.84. The van der Waals surface area contributed by atoms with Crippen LogP contribution in [0.3, 0.4) is 0 Å². The fourth-order valence-electron chi connectivity index (χ4n) is 3.03. The van der Waals surface area contributed by atoms with Crippen LogP contribution in [0.2, 0.25) is 0 Å². The average molecular weight is 558 g/mol. The van der Waals surface area contributed by atoms with Gasteiger partial charge in [-0.1, -0.05) is 6.07 Å². The average Bonchev–Trinajstić information content (AvgIpc) is 2.66. The van der Waals surface area contributed by atoms with Crippen LogP contribution in [0.5, 0.6) is 0 Å². The topological polar surface area (TPSA) is 46.1 Å². The Kier molecular flexibility index (Phi) is 12.5. The molecule has 0 amide bonds. The summed E-state index contributed by atoms with van der Waals surface area (Å²) >= 11 is 3.23. The summed E-state index contributed by atoms with van der Waals surface area (Å²) in [7, 11) is 3.52. The number of nitrogens with zero attached hydrogens (tertiary/aromatic N) is 2. The first kappa shape index (κ1) is 24.6. The number of nitrogens with one attached hydrogen (secondary N) is 1. The maximum Gasteiger partial charge on any atom is 0.193 e. The fraction of sp³-hybridized carbons (Fsp3) is 0.632. The van der Waals surface area contributed by atoms with Gasteiger partial charge in [-0.25, -0.2) is 4.39 Å². The molecule has 0 aromatic heterocycles. The molecule has 0 bridgehead atoms. The summed E-state index contributed by atoms with van der Waals surface area (Å²) in [5.74, 6) is 0.689. The Bertz CT molecular complexity index is 584. The van der Waals surface area contributed by atoms with E-state index in [0.29, 0.717) is 10.6 Å². The number of ether oxygens (including phenoxy) is 2. The first-order valence-corrected chi connectivity index (χ1v) is 9.93. The molecule has 1 heterocycles. The third kappa shape index (κ3) is 8.62. The molecule has 0 spiro atoms. The van der Waals surface area contributed by atoms with E-state index >= 15 is 0 Å². The molecule has 154 valence electrons. The number of guanidine groups is 1. The molecule has 1 aliphatic rings. The fourth-order valence-corrected chi connectivity index (χ4v) is 3.46. The zero-order chi connectivity index (χ0) is 18.8. The highest BCUT2D eigenvalue weighted by molar-refractivity contribution is 14.0. The largest absolute Gasteiger partial charge is 0.385 e. The number of aliphatic imine (C=N–C) groups is 1. The molecular formula is C19H30BrFIN3O2. The van der Waals surface area contributed by atoms with Gasteiger partial charge in [0.2, 0.25) is 0 Å². The Morgan fingerprint density at radius 2 is 2.07 bits per heavy atom. The van der Waals surface area contributed by atoms with Crippen LogP contribution in [0.15, 0.2) is 27.7 Å². The summed E-state index contributed by atoms with van der Waals surface area (Å²) in [5, 5.41) is 3.41. The maximum atomic E-state index is 13.3. The minimum Gasteiger partial charge on any atom is -0.385 e. The summed E-state index contributed by atoms with van der Waals surface area (Å²) in [5.41, 5.74) is 1.09. The van der Waals surface area contributed by atoms with Crippen molar-refractivity contribution in [2.75, 3.05) is 47.0 Å². The van der Waals surface area contributed by atoms with Gasteiger partial charge in [0.05, 0.1) is 10.6 Å². The molecule has 1 saturated heterocycles. The molecule has 5 nitrogen and oxygen atoms in total. The number of piperidine rings is 1. The van der Waals surface area contributed by atoms with Gasteiger partial charge in [-0.05, 0) is 59.3 Å². The standard InChI is InChI=1S/C19H29BrFN3O2.HI/c1-22-19(23-9-6-15-4-5-18(21)17(20)14-15)24-10-7-16(8-11-24)26-13-3-12-25-2;/h4-5,14,16H,3,6-13H2,1-2H3,(H,22,23);1H. The number of rotatable bonds is 8. The second-order valence-corrected chi connectivity index (χ2v) is 7.23. The van der Waals surface area contributed by atoms with Crippen molar-refractivity contribution in [2.24, 2.45) is 4.99 Å². The summed E-state index contributed by atoms with van der Waals surface area (Å²) in [4.78, 5) is 6.66. The lowest BCUT2D eigenvalue weighted by Crippen LogP contribution is -2.47. The van der Waals surface area contributed by atoms with E-state index in [-0.39, 0.29) is 29.8 Å². The number of hydrogen-bond donors (Lipinski definition) is 1. The van der Waals surface area contributed by atoms with Gasteiger partial charge in [0.25, 0.3) is 0 Å². The van der Waals surface area contributed by atoms with Gasteiger partial charge in [-0.2, -0.15) is 0 Å². The van der Waals surface area contributed by atoms with E-state index < -0.39 is 0 Å². The number of hydrogen-bond acceptors (Lipinski definition) is 3. The Morgan fingerprint density at radius 1 is 1.33 bits per heavy atom. The van der Waals surface area contributed by atoms with E-state index in [4.69, 9.17) is 9.47 Å². The van der Waals surface area contributed by atoms with Crippen molar-refractivity contribution in [1.82, 2.24) is 10.2 Å². The molecule has 8 heteroatoms. The van der Waals surface area contributed by atoms with Crippen LogP contribution in [0.1, 0.15) is 24.8 Å². The Morgan fingerprint density at radius 3 is 2.70 bits per heavy atom. The SMILES string of the molecule is CN=C(NCCc1ccc(F)c(Br)c1)N1CCC(OCCCOC)CC1.I. The molecule has 1 aliphatic heterocycles. The normalized spacial score (nSPS) is 15.6. The van der Waals surface area contributed by atoms with Gasteiger partial charge in [0.1, 0.15) is 5.82 Å². The first-order valence-electron chi connectivity index (χ1n) is 9.14. The quantitative estimate of drug-likeness (QED) is 0.228. The van der Waals surface area contributed by atoms with Crippen LogP contribution < -0.4 is 5.32 Å². The zero-order valence-corrected chi connectivity index (χ0v) is 20.0. The van der Waals surface area contributed by atoms with Gasteiger partial charge in [-0.15, -0.1) is 24.0 Å². The third-order valence-electron chi connectivity index (χ3n) is 4.48. The van der Waals surface area contributed by atoms with Crippen LogP contribution in [0.4, 0.5) is 4.39 Å². The van der Waals surface area contributed by atoms with E-state index in [9.17, 15) is 4.39 Å². The second-order valence-electron chi connectivity index (χ2n) is 6.38. The summed E-state index contributed by atoms with van der Waals surface area (Å²) < 4.78 is 24.7. The van der Waals surface area contributed by atoms with Crippen LogP contribution in [-0.2, 0) is 15.9 Å². The maximum absolute atomic E-state index is 13.3. The molecule has 2 rings (SSSR count). The van der Waals surface area contributed by atoms with Crippen LogP contribution in [0.25, 0.3) is 0 Å². The highest BCUT2D eigenvalue weighted by atomic mass is 127. The molecule has 0 atom stereocenters. The van der Waals surface area contributed by atoms with E-state index in [1.54, 1.807) is 7.11 Å². The van der Waals surface area contributed by atoms with E-state index in [0.717, 1.165) is 70.1 Å². The molecule has 1 aromatic carbocycles. The summed E-state index contributed by atoms with van der Waals surface area (Å²) in [6, 6.07) is 5.13. The number of likely N-dealkylation sites (tertiary alicyclic amines) is 1. The smallest absolute Gasteiger partial charge is 0.193 e. The van der Waals surface area contributed by atoms with Crippen molar-refractivity contribution >= 4 is 45.9 Å². The van der Waals surface area contributed by atoms with Gasteiger partial charge in [0, 0.05) is 47.0 Å². The van der Waals surface area contributed by atoms with Crippen LogP contribution in [0, 0.1) is 5.82 Å². The molecule has 27 heavy (non-hydrogen) atoms. The monoisotopic (exact) mass is 557 g/mol. The van der Waals surface area contributed by atoms with E-state index in [2.05, 4.69) is 31.1 Å². The molecule has 0 radical (unpaired) electrons. The minimum absolute atomic E-state index is 0. The van der Waals surface area contributed by atoms with Crippen molar-refractivity contribution in [1.29, 1.82) is 0 Å². The van der Waals surface area contributed by atoms with Gasteiger partial charge >= 0.3 is 0 Å². The highest BCUT2D eigenvalue weighted by Gasteiger charge is 2.21. The summed E-state index contributed by atoms with van der Waals surface area (Å²) in [6.07, 6.45) is 4.12. The molecule has 1 N–H and O–H groups in total. The molecule has 0 saturated carbocycles. The Hall–Kier alpha value is -0.450. The molecular weight excluding hydrogens is 528 g/mol. The van der Waals surface area contributed by atoms with Crippen molar-refractivity contribution < 1.29 is 13.9 Å². The Balaban J connectivity index is 0.00000364. The molecule has 1 fully saturated rings. The third-order valence-corrected chi connectivity index (χ3v) is 5.09. The second kappa shape index (κ2) is 13.7. The zero-order valence-electron chi connectivity index (χ0n) is 16.0. The lowest BCUT2D eigenvalue weighted by atomic mass is 10.1. The van der Waals surface area contributed by atoms with Crippen molar-refractivity contribution in [2.45, 2.75) is 31.8 Å². The first-order chi connectivity index (χ1) is 12.6. The van der Waals surface area contributed by atoms with Crippen LogP contribution >= 0.6 is 39.9 Å². The van der Waals surface area contributed by atoms with Crippen molar-refractivity contribution in [3.8, 4) is 0 Å². The molecule has 0 unspecified atom stereocenters. The van der Waals surface area contributed by atoms with Gasteiger partial charge in [-0.3, -0.25) is 4.99 Å². The van der Waals surface area contributed by atoms with Crippen molar-refractivity contribution in [3.63, 3.8) is 0 Å². The van der Waals surface area contributed by atoms with Gasteiger partial charge in [0.15, 0.2) is 5.96 Å². The predicted molar refractivity (Wildman–Crippen MR) is 122 cm³/mol. The minimum atomic E-state index is -0.232. The number of methoxy groups -OCH3 is 1. The van der Waals surface area contributed by atoms with Crippen LogP contribution in [-0.4, -0.2) is 64.0 Å².